The molecular formula is C57H37NO. The highest BCUT2D eigenvalue weighted by atomic mass is 16.3. The van der Waals surface area contributed by atoms with Crippen LogP contribution in [0.1, 0.15) is 22.3 Å². The average molecular weight is 752 g/mol. The Balaban J connectivity index is 1.09. The van der Waals surface area contributed by atoms with E-state index >= 15 is 0 Å². The van der Waals surface area contributed by atoms with E-state index in [9.17, 15) is 0 Å². The largest absolute Gasteiger partial charge is 0.455 e. The summed E-state index contributed by atoms with van der Waals surface area (Å²) < 4.78 is 6.78. The van der Waals surface area contributed by atoms with E-state index in [0.29, 0.717) is 0 Å². The van der Waals surface area contributed by atoms with E-state index in [4.69, 9.17) is 4.42 Å². The Bertz CT molecular complexity index is 3330. The minimum atomic E-state index is -0.512. The van der Waals surface area contributed by atoms with Crippen LogP contribution in [0.25, 0.3) is 65.7 Å². The van der Waals surface area contributed by atoms with Gasteiger partial charge in [0, 0.05) is 33.2 Å². The lowest BCUT2D eigenvalue weighted by Crippen LogP contribution is -2.28. The first-order valence-electron chi connectivity index (χ1n) is 20.3. The molecule has 0 saturated carbocycles. The number of nitrogens with zero attached hydrogens (tertiary/aromatic N) is 1. The number of hydrogen-bond donors (Lipinski definition) is 0. The minimum Gasteiger partial charge on any atom is -0.455 e. The zero-order chi connectivity index (χ0) is 38.9. The highest BCUT2D eigenvalue weighted by Gasteiger charge is 2.46. The fraction of sp³-hybridized carbons (Fsp3) is 0.0175. The van der Waals surface area contributed by atoms with Crippen LogP contribution in [-0.2, 0) is 5.41 Å². The molecule has 1 aliphatic carbocycles. The molecule has 0 N–H and O–H groups in total. The summed E-state index contributed by atoms with van der Waals surface area (Å²) in [5.74, 6) is 0. The van der Waals surface area contributed by atoms with Gasteiger partial charge in [0.25, 0.3) is 0 Å². The molecule has 276 valence electrons. The van der Waals surface area contributed by atoms with Crippen LogP contribution in [0.3, 0.4) is 0 Å². The van der Waals surface area contributed by atoms with E-state index in [0.717, 1.165) is 44.4 Å². The zero-order valence-electron chi connectivity index (χ0n) is 32.2. The van der Waals surface area contributed by atoms with Crippen molar-refractivity contribution in [3.63, 3.8) is 0 Å². The first kappa shape index (κ1) is 33.5. The first-order chi connectivity index (χ1) is 29.3. The molecule has 0 bridgehead atoms. The lowest BCUT2D eigenvalue weighted by Gasteiger charge is -2.35. The quantitative estimate of drug-likeness (QED) is 0.157. The predicted molar refractivity (Wildman–Crippen MR) is 246 cm³/mol. The Kier molecular flexibility index (Phi) is 7.48. The van der Waals surface area contributed by atoms with Crippen molar-refractivity contribution >= 4 is 60.5 Å². The lowest BCUT2D eigenvalue weighted by molar-refractivity contribution is 0.673. The number of hydrogen-bond acceptors (Lipinski definition) is 2. The van der Waals surface area contributed by atoms with Gasteiger partial charge in [-0.2, -0.15) is 0 Å². The summed E-state index contributed by atoms with van der Waals surface area (Å²) in [4.78, 5) is 2.40. The molecule has 59 heavy (non-hydrogen) atoms. The van der Waals surface area contributed by atoms with Gasteiger partial charge >= 0.3 is 0 Å². The standard InChI is InChI=1S/C57H37NO/c1-3-14-38(15-4-1)39-28-31-44(32-29-39)58(46-33-35-54-51(37-46)50-34-30-41-27-26-40-16-7-8-21-47(40)55(41)56(50)59-54)45-20-13-19-43(36-45)57(42-17-5-2-6-18-42)52-24-11-9-22-48(52)49-23-10-12-25-53(49)57/h1-37H. The molecular weight excluding hydrogens is 715 g/mol. The normalized spacial score (nSPS) is 12.9. The molecule has 0 unspecified atom stereocenters. The molecule has 2 heteroatoms. The van der Waals surface area contributed by atoms with E-state index in [1.165, 1.54) is 60.7 Å². The van der Waals surface area contributed by atoms with Gasteiger partial charge in [-0.1, -0.05) is 176 Å². The van der Waals surface area contributed by atoms with Crippen molar-refractivity contribution in [2.75, 3.05) is 4.90 Å². The molecule has 0 spiro atoms. The monoisotopic (exact) mass is 751 g/mol. The summed E-state index contributed by atoms with van der Waals surface area (Å²) in [6.07, 6.45) is 0. The summed E-state index contributed by atoms with van der Waals surface area (Å²) in [6.45, 7) is 0. The maximum atomic E-state index is 6.78. The molecule has 0 fully saturated rings. The van der Waals surface area contributed by atoms with Crippen molar-refractivity contribution in [1.82, 2.24) is 0 Å². The number of rotatable bonds is 6. The van der Waals surface area contributed by atoms with Crippen molar-refractivity contribution in [3.8, 4) is 22.3 Å². The molecule has 0 radical (unpaired) electrons. The second-order valence-electron chi connectivity index (χ2n) is 15.6. The number of fused-ring (bicyclic) bond motifs is 10. The fourth-order valence-electron chi connectivity index (χ4n) is 9.92. The SMILES string of the molecule is c1ccc(-c2ccc(N(c3cccc(C4(c5ccccc5)c5ccccc5-c5ccccc54)c3)c3ccc4oc5c(ccc6ccc7ccccc7c65)c4c3)cc2)cc1. The van der Waals surface area contributed by atoms with Crippen LogP contribution in [-0.4, -0.2) is 0 Å². The molecule has 1 aliphatic rings. The smallest absolute Gasteiger partial charge is 0.143 e. The Morgan fingerprint density at radius 3 is 1.73 bits per heavy atom. The van der Waals surface area contributed by atoms with Crippen molar-refractivity contribution < 1.29 is 4.42 Å². The van der Waals surface area contributed by atoms with Crippen LogP contribution in [0.2, 0.25) is 0 Å². The minimum absolute atomic E-state index is 0.512. The van der Waals surface area contributed by atoms with Gasteiger partial charge in [-0.05, 0) is 109 Å². The summed E-state index contributed by atoms with van der Waals surface area (Å²) in [5.41, 5.74) is 14.5. The second-order valence-corrected chi connectivity index (χ2v) is 15.6. The first-order valence-corrected chi connectivity index (χ1v) is 20.3. The van der Waals surface area contributed by atoms with Gasteiger partial charge in [0.15, 0.2) is 0 Å². The van der Waals surface area contributed by atoms with Gasteiger partial charge in [0.1, 0.15) is 11.2 Å². The van der Waals surface area contributed by atoms with Gasteiger partial charge in [-0.3, -0.25) is 0 Å². The number of anilines is 3. The zero-order valence-corrected chi connectivity index (χ0v) is 32.2. The fourth-order valence-corrected chi connectivity index (χ4v) is 9.92. The molecule has 0 amide bonds. The molecule has 1 aromatic heterocycles. The van der Waals surface area contributed by atoms with Gasteiger partial charge in [-0.25, -0.2) is 0 Å². The van der Waals surface area contributed by atoms with Crippen LogP contribution < -0.4 is 4.90 Å². The highest BCUT2D eigenvalue weighted by Crippen LogP contribution is 2.56. The third kappa shape index (κ3) is 5.06. The molecule has 0 saturated heterocycles. The van der Waals surface area contributed by atoms with Crippen molar-refractivity contribution in [2.45, 2.75) is 5.41 Å². The van der Waals surface area contributed by atoms with Crippen LogP contribution in [0, 0.1) is 0 Å². The maximum absolute atomic E-state index is 6.78. The van der Waals surface area contributed by atoms with Gasteiger partial charge in [0.05, 0.1) is 5.41 Å². The summed E-state index contributed by atoms with van der Waals surface area (Å²) >= 11 is 0. The van der Waals surface area contributed by atoms with Gasteiger partial charge < -0.3 is 9.32 Å². The molecule has 0 atom stereocenters. The van der Waals surface area contributed by atoms with Gasteiger partial charge in [-0.15, -0.1) is 0 Å². The lowest BCUT2D eigenvalue weighted by atomic mass is 9.67. The van der Waals surface area contributed by atoms with Crippen LogP contribution in [0.5, 0.6) is 0 Å². The third-order valence-electron chi connectivity index (χ3n) is 12.5. The Morgan fingerprint density at radius 1 is 0.356 bits per heavy atom. The Labute approximate surface area is 342 Å². The Hall–Kier alpha value is -7.68. The van der Waals surface area contributed by atoms with Crippen LogP contribution >= 0.6 is 0 Å². The summed E-state index contributed by atoms with van der Waals surface area (Å²) in [5, 5.41) is 6.95. The summed E-state index contributed by atoms with van der Waals surface area (Å²) in [7, 11) is 0. The van der Waals surface area contributed by atoms with Crippen molar-refractivity contribution in [3.05, 3.63) is 247 Å². The topological polar surface area (TPSA) is 16.4 Å². The molecule has 2 nitrogen and oxygen atoms in total. The van der Waals surface area contributed by atoms with Crippen molar-refractivity contribution in [2.24, 2.45) is 0 Å². The average Bonchev–Trinajstić information content (AvgIpc) is 3.84. The van der Waals surface area contributed by atoms with E-state index in [-0.39, 0.29) is 0 Å². The number of benzene rings is 10. The van der Waals surface area contributed by atoms with Crippen molar-refractivity contribution in [1.29, 1.82) is 0 Å². The van der Waals surface area contributed by atoms with E-state index in [1.54, 1.807) is 0 Å². The van der Waals surface area contributed by atoms with E-state index in [1.807, 2.05) is 0 Å². The van der Waals surface area contributed by atoms with Crippen LogP contribution in [0.15, 0.2) is 229 Å². The van der Waals surface area contributed by atoms with E-state index < -0.39 is 5.41 Å². The molecule has 12 rings (SSSR count). The molecule has 0 aliphatic heterocycles. The molecule has 11 aromatic rings. The van der Waals surface area contributed by atoms with Crippen LogP contribution in [0.4, 0.5) is 17.1 Å². The summed E-state index contributed by atoms with van der Waals surface area (Å²) in [6, 6.07) is 81.8. The van der Waals surface area contributed by atoms with E-state index in [2.05, 4.69) is 229 Å². The third-order valence-corrected chi connectivity index (χ3v) is 12.5. The second kappa shape index (κ2) is 13.2. The molecule has 10 aromatic carbocycles. The van der Waals surface area contributed by atoms with Gasteiger partial charge in [0.2, 0.25) is 0 Å². The molecule has 1 heterocycles. The highest BCUT2D eigenvalue weighted by molar-refractivity contribution is 6.23. The maximum Gasteiger partial charge on any atom is 0.143 e. The predicted octanol–water partition coefficient (Wildman–Crippen LogP) is 15.4. The number of furan rings is 1. The Morgan fingerprint density at radius 2 is 0.949 bits per heavy atom.